The van der Waals surface area contributed by atoms with E-state index in [2.05, 4.69) is 11.6 Å². The Kier molecular flexibility index (Phi) is 5.94. The van der Waals surface area contributed by atoms with Crippen LogP contribution in [0.3, 0.4) is 0 Å². The molecule has 5 rings (SSSR count). The summed E-state index contributed by atoms with van der Waals surface area (Å²) in [4.78, 5) is 31.8. The van der Waals surface area contributed by atoms with Crippen LogP contribution in [0.15, 0.2) is 78.4 Å². The van der Waals surface area contributed by atoms with E-state index < -0.39 is 5.82 Å². The van der Waals surface area contributed by atoms with Crippen LogP contribution in [-0.2, 0) is 4.79 Å². The Hall–Kier alpha value is -4.20. The molecule has 0 spiro atoms. The van der Waals surface area contributed by atoms with Crippen LogP contribution in [0.5, 0.6) is 11.5 Å². The molecule has 1 saturated heterocycles. The Morgan fingerprint density at radius 2 is 2.06 bits per heavy atom. The number of rotatable bonds is 5. The summed E-state index contributed by atoms with van der Waals surface area (Å²) in [5, 5.41) is 0. The third-order valence-electron chi connectivity index (χ3n) is 6.31. The van der Waals surface area contributed by atoms with Crippen LogP contribution in [0, 0.1) is 12.7 Å². The number of ether oxygens (including phenoxy) is 1. The molecule has 1 fully saturated rings. The molecule has 0 aliphatic carbocycles. The zero-order chi connectivity index (χ0) is 24.5. The average Bonchev–Trinajstić information content (AvgIpc) is 3.16. The molecular weight excluding hydrogens is 447 g/mol. The van der Waals surface area contributed by atoms with Gasteiger partial charge in [-0.15, -0.1) is 0 Å². The molecular formula is C27H25FN4O3. The highest BCUT2D eigenvalue weighted by molar-refractivity contribution is 5.87. The van der Waals surface area contributed by atoms with Crippen molar-refractivity contribution in [2.45, 2.75) is 25.8 Å². The highest BCUT2D eigenvalue weighted by Gasteiger charge is 2.28. The van der Waals surface area contributed by atoms with Crippen molar-refractivity contribution < 1.29 is 13.9 Å². The van der Waals surface area contributed by atoms with E-state index >= 15 is 4.39 Å². The Labute approximate surface area is 201 Å². The van der Waals surface area contributed by atoms with Crippen molar-refractivity contribution >= 4 is 16.9 Å². The van der Waals surface area contributed by atoms with E-state index in [1.165, 1.54) is 22.8 Å². The fourth-order valence-electron chi connectivity index (χ4n) is 4.68. The molecule has 7 nitrogen and oxygen atoms in total. The maximum Gasteiger partial charge on any atom is 0.334 e. The van der Waals surface area contributed by atoms with Crippen molar-refractivity contribution in [2.24, 2.45) is 0 Å². The van der Waals surface area contributed by atoms with Gasteiger partial charge in [-0.25, -0.2) is 9.18 Å². The van der Waals surface area contributed by atoms with Crippen LogP contribution < -0.4 is 10.4 Å². The Morgan fingerprint density at radius 1 is 1.20 bits per heavy atom. The minimum atomic E-state index is -0.582. The number of amides is 1. The van der Waals surface area contributed by atoms with Crippen molar-refractivity contribution in [3.8, 4) is 17.2 Å². The molecule has 0 N–H and O–H groups in total. The van der Waals surface area contributed by atoms with E-state index in [1.54, 1.807) is 40.1 Å². The van der Waals surface area contributed by atoms with Gasteiger partial charge in [0.2, 0.25) is 5.91 Å². The van der Waals surface area contributed by atoms with Crippen molar-refractivity contribution in [2.75, 3.05) is 13.1 Å². The van der Waals surface area contributed by atoms with Gasteiger partial charge in [0, 0.05) is 25.4 Å². The summed E-state index contributed by atoms with van der Waals surface area (Å²) in [6, 6.07) is 13.4. The number of hydrogen-bond acceptors (Lipinski definition) is 4. The maximum atomic E-state index is 15.1. The summed E-state index contributed by atoms with van der Waals surface area (Å²) in [6.07, 6.45) is 6.03. The van der Waals surface area contributed by atoms with Gasteiger partial charge >= 0.3 is 5.69 Å². The van der Waals surface area contributed by atoms with Gasteiger partial charge in [0.15, 0.2) is 11.6 Å². The number of benzene rings is 2. The second kappa shape index (κ2) is 9.21. The van der Waals surface area contributed by atoms with Gasteiger partial charge in [0.1, 0.15) is 5.75 Å². The molecule has 0 radical (unpaired) electrons. The van der Waals surface area contributed by atoms with Crippen LogP contribution >= 0.6 is 0 Å². The largest absolute Gasteiger partial charge is 0.454 e. The number of fused-ring (bicyclic) bond motifs is 1. The van der Waals surface area contributed by atoms with Crippen LogP contribution in [0.2, 0.25) is 0 Å². The number of imidazole rings is 1. The normalized spacial score (nSPS) is 15.8. The molecule has 8 heteroatoms. The molecule has 1 amide bonds. The van der Waals surface area contributed by atoms with Crippen molar-refractivity contribution in [1.82, 2.24) is 19.0 Å². The number of hydrogen-bond donors (Lipinski definition) is 0. The lowest BCUT2D eigenvalue weighted by Gasteiger charge is -2.32. The third kappa shape index (κ3) is 4.23. The van der Waals surface area contributed by atoms with E-state index in [1.807, 2.05) is 25.1 Å². The number of halogens is 1. The molecule has 0 bridgehead atoms. The lowest BCUT2D eigenvalue weighted by Crippen LogP contribution is -2.42. The van der Waals surface area contributed by atoms with E-state index in [9.17, 15) is 9.59 Å². The molecule has 4 aromatic rings. The molecule has 3 heterocycles. The predicted molar refractivity (Wildman–Crippen MR) is 132 cm³/mol. The Morgan fingerprint density at radius 3 is 2.83 bits per heavy atom. The topological polar surface area (TPSA) is 69.4 Å². The lowest BCUT2D eigenvalue weighted by atomic mass is 10.1. The molecule has 1 atom stereocenters. The highest BCUT2D eigenvalue weighted by Crippen LogP contribution is 2.29. The quantitative estimate of drug-likeness (QED) is 0.392. The molecule has 1 aliphatic rings. The number of likely N-dealkylation sites (tertiary alicyclic amines) is 1. The summed E-state index contributed by atoms with van der Waals surface area (Å²) < 4.78 is 23.9. The number of nitrogens with zero attached hydrogens (tertiary/aromatic N) is 4. The minimum absolute atomic E-state index is 0.0696. The smallest absolute Gasteiger partial charge is 0.334 e. The summed E-state index contributed by atoms with van der Waals surface area (Å²) in [6.45, 7) is 6.54. The number of carbonyl (C=O) groups excluding carboxylic acids is 1. The second-order valence-electron chi connectivity index (χ2n) is 8.67. The maximum absolute atomic E-state index is 15.1. The molecule has 2 aromatic heterocycles. The van der Waals surface area contributed by atoms with Crippen LogP contribution in [0.4, 0.5) is 4.39 Å². The first-order chi connectivity index (χ1) is 17.0. The Balaban J connectivity index is 1.55. The van der Waals surface area contributed by atoms with Crippen molar-refractivity contribution in [1.29, 1.82) is 0 Å². The average molecular weight is 473 g/mol. The van der Waals surface area contributed by atoms with Gasteiger partial charge < -0.3 is 9.64 Å². The monoisotopic (exact) mass is 472 g/mol. The standard InChI is InChI=1S/C27H25FN4O3/c1-3-26(33)30-13-5-7-20(17-30)32-23-11-12-29-16-24(23)31(27(32)34)19-9-10-25(22(28)15-19)35-21-8-4-6-18(2)14-21/h3-4,6,8-12,14-16,20H,1,5,7,13,17H2,2H3/t20-/m1/s1. The number of piperidine rings is 1. The first kappa shape index (κ1) is 22.6. The van der Waals surface area contributed by atoms with E-state index in [0.29, 0.717) is 35.6 Å². The molecule has 0 saturated carbocycles. The summed E-state index contributed by atoms with van der Waals surface area (Å²) in [7, 11) is 0. The fourth-order valence-corrected chi connectivity index (χ4v) is 4.68. The van der Waals surface area contributed by atoms with Crippen molar-refractivity contribution in [3.63, 3.8) is 0 Å². The first-order valence-electron chi connectivity index (χ1n) is 11.5. The van der Waals surface area contributed by atoms with Gasteiger partial charge in [-0.3, -0.25) is 18.9 Å². The summed E-state index contributed by atoms with van der Waals surface area (Å²) in [5.41, 5.74) is 2.32. The van der Waals surface area contributed by atoms with Gasteiger partial charge in [-0.2, -0.15) is 0 Å². The molecule has 2 aromatic carbocycles. The molecule has 178 valence electrons. The highest BCUT2D eigenvalue weighted by atomic mass is 19.1. The lowest BCUT2D eigenvalue weighted by molar-refractivity contribution is -0.127. The third-order valence-corrected chi connectivity index (χ3v) is 6.31. The van der Waals surface area contributed by atoms with Crippen LogP contribution in [-0.4, -0.2) is 38.0 Å². The van der Waals surface area contributed by atoms with Gasteiger partial charge in [0.05, 0.1) is 29.0 Å². The fraction of sp³-hybridized carbons (Fsp3) is 0.222. The second-order valence-corrected chi connectivity index (χ2v) is 8.67. The van der Waals surface area contributed by atoms with E-state index in [0.717, 1.165) is 18.4 Å². The predicted octanol–water partition coefficient (Wildman–Crippen LogP) is 4.78. The molecule has 1 aliphatic heterocycles. The number of pyridine rings is 1. The van der Waals surface area contributed by atoms with Gasteiger partial charge in [0.25, 0.3) is 0 Å². The van der Waals surface area contributed by atoms with Crippen LogP contribution in [0.25, 0.3) is 16.7 Å². The van der Waals surface area contributed by atoms with E-state index in [4.69, 9.17) is 4.74 Å². The summed E-state index contributed by atoms with van der Waals surface area (Å²) in [5.74, 6) is -0.133. The van der Waals surface area contributed by atoms with Gasteiger partial charge in [-0.1, -0.05) is 18.7 Å². The minimum Gasteiger partial charge on any atom is -0.454 e. The molecule has 35 heavy (non-hydrogen) atoms. The zero-order valence-corrected chi connectivity index (χ0v) is 19.4. The Bertz CT molecular complexity index is 1490. The molecule has 0 unspecified atom stereocenters. The first-order valence-corrected chi connectivity index (χ1v) is 11.5. The number of aryl methyl sites for hydroxylation is 1. The number of aromatic nitrogens is 3. The van der Waals surface area contributed by atoms with E-state index in [-0.39, 0.29) is 23.4 Å². The number of carbonyl (C=O) groups is 1. The summed E-state index contributed by atoms with van der Waals surface area (Å²) >= 11 is 0. The van der Waals surface area contributed by atoms with Crippen molar-refractivity contribution in [3.05, 3.63) is 95.4 Å². The zero-order valence-electron chi connectivity index (χ0n) is 19.4. The SMILES string of the molecule is C=CC(=O)N1CCC[C@@H](n2c(=O)n(-c3ccc(Oc4cccc(C)c4)c(F)c3)c3cnccc32)C1. The van der Waals surface area contributed by atoms with Crippen LogP contribution in [0.1, 0.15) is 24.4 Å². The van der Waals surface area contributed by atoms with Gasteiger partial charge in [-0.05, 0) is 61.7 Å².